The Hall–Kier alpha value is -1.18. The molecular weight excluding hydrogens is 334 g/mol. The molecule has 0 radical (unpaired) electrons. The molecule has 26 heavy (non-hydrogen) atoms. The number of ether oxygens (including phenoxy) is 1. The van der Waals surface area contributed by atoms with Gasteiger partial charge in [-0.05, 0) is 39.2 Å². The molecule has 0 spiro atoms. The number of amides is 1. The minimum Gasteiger partial charge on any atom is -0.480 e. The highest BCUT2D eigenvalue weighted by atomic mass is 16.5. The fourth-order valence-electron chi connectivity index (χ4n) is 3.90. The predicted molar refractivity (Wildman–Crippen MR) is 100 cm³/mol. The number of aliphatic carboxylic acids is 1. The first-order chi connectivity index (χ1) is 12.5. The van der Waals surface area contributed by atoms with Crippen molar-refractivity contribution >= 4 is 11.9 Å². The Labute approximate surface area is 157 Å². The molecule has 0 atom stereocenters. The first-order valence-electron chi connectivity index (χ1n) is 10.1. The zero-order valence-electron chi connectivity index (χ0n) is 16.1. The molecule has 2 fully saturated rings. The Kier molecular flexibility index (Phi) is 9.36. The molecular formula is C19H35N3O4. The van der Waals surface area contributed by atoms with Gasteiger partial charge in [-0.2, -0.15) is 0 Å². The van der Waals surface area contributed by atoms with Gasteiger partial charge in [0, 0.05) is 32.3 Å². The van der Waals surface area contributed by atoms with E-state index in [1.54, 1.807) is 0 Å². The molecule has 2 N–H and O–H groups in total. The van der Waals surface area contributed by atoms with Crippen molar-refractivity contribution in [3.05, 3.63) is 0 Å². The van der Waals surface area contributed by atoms with Crippen molar-refractivity contribution in [2.75, 3.05) is 46.4 Å². The summed E-state index contributed by atoms with van der Waals surface area (Å²) in [7, 11) is 1.86. The fraction of sp³-hybridized carbons (Fsp3) is 0.895. The third-order valence-corrected chi connectivity index (χ3v) is 5.48. The first-order valence-corrected chi connectivity index (χ1v) is 10.1. The Morgan fingerprint density at radius 3 is 2.50 bits per heavy atom. The van der Waals surface area contributed by atoms with E-state index in [1.807, 2.05) is 11.9 Å². The minimum atomic E-state index is -0.790. The second-order valence-corrected chi connectivity index (χ2v) is 7.65. The number of nitrogens with zero attached hydrogens (tertiary/aromatic N) is 2. The quantitative estimate of drug-likeness (QED) is 0.565. The van der Waals surface area contributed by atoms with E-state index in [1.165, 1.54) is 32.1 Å². The average molecular weight is 370 g/mol. The van der Waals surface area contributed by atoms with Gasteiger partial charge < -0.3 is 15.2 Å². The maximum Gasteiger partial charge on any atom is 0.317 e. The van der Waals surface area contributed by atoms with Crippen LogP contribution in [0.5, 0.6) is 0 Å². The van der Waals surface area contributed by atoms with Crippen LogP contribution in [-0.4, -0.2) is 85.3 Å². The van der Waals surface area contributed by atoms with Crippen LogP contribution >= 0.6 is 0 Å². The van der Waals surface area contributed by atoms with Crippen molar-refractivity contribution < 1.29 is 19.4 Å². The molecule has 2 rings (SSSR count). The number of rotatable bonds is 10. The summed E-state index contributed by atoms with van der Waals surface area (Å²) >= 11 is 0. The van der Waals surface area contributed by atoms with E-state index < -0.39 is 5.97 Å². The van der Waals surface area contributed by atoms with Gasteiger partial charge in [0.05, 0.1) is 19.2 Å². The number of likely N-dealkylation sites (N-methyl/N-ethyl adjacent to an activating group) is 1. The average Bonchev–Trinajstić information content (AvgIpc) is 2.62. The summed E-state index contributed by atoms with van der Waals surface area (Å²) in [4.78, 5) is 26.9. The number of carbonyl (C=O) groups excluding carboxylic acids is 1. The lowest BCUT2D eigenvalue weighted by Crippen LogP contribution is -2.47. The van der Waals surface area contributed by atoms with Crippen molar-refractivity contribution in [3.63, 3.8) is 0 Å². The van der Waals surface area contributed by atoms with E-state index in [0.29, 0.717) is 25.2 Å². The smallest absolute Gasteiger partial charge is 0.317 e. The second-order valence-electron chi connectivity index (χ2n) is 7.65. The van der Waals surface area contributed by atoms with Crippen molar-refractivity contribution in [3.8, 4) is 0 Å². The summed E-state index contributed by atoms with van der Waals surface area (Å²) in [5.41, 5.74) is 0. The Morgan fingerprint density at radius 1 is 1.15 bits per heavy atom. The molecule has 1 aliphatic carbocycles. The van der Waals surface area contributed by atoms with Crippen LogP contribution in [0.15, 0.2) is 0 Å². The molecule has 0 aromatic heterocycles. The fourth-order valence-corrected chi connectivity index (χ4v) is 3.90. The number of piperidine rings is 1. The molecule has 0 aromatic carbocycles. The van der Waals surface area contributed by atoms with Crippen LogP contribution in [0.4, 0.5) is 0 Å². The van der Waals surface area contributed by atoms with Gasteiger partial charge in [-0.25, -0.2) is 0 Å². The topological polar surface area (TPSA) is 82.1 Å². The third-order valence-electron chi connectivity index (χ3n) is 5.48. The molecule has 7 heteroatoms. The molecule has 1 saturated carbocycles. The molecule has 0 aromatic rings. The molecule has 7 nitrogen and oxygen atoms in total. The van der Waals surface area contributed by atoms with Crippen molar-refractivity contribution in [1.29, 1.82) is 0 Å². The highest BCUT2D eigenvalue weighted by molar-refractivity contribution is 5.78. The van der Waals surface area contributed by atoms with Gasteiger partial charge in [0.25, 0.3) is 0 Å². The Bertz CT molecular complexity index is 433. The van der Waals surface area contributed by atoms with Crippen molar-refractivity contribution in [2.45, 2.75) is 63.5 Å². The molecule has 0 unspecified atom stereocenters. The predicted octanol–water partition coefficient (Wildman–Crippen LogP) is 1.32. The number of nitrogens with one attached hydrogen (secondary N) is 1. The van der Waals surface area contributed by atoms with Crippen LogP contribution < -0.4 is 5.32 Å². The lowest BCUT2D eigenvalue weighted by Gasteiger charge is -2.35. The summed E-state index contributed by atoms with van der Waals surface area (Å²) < 4.78 is 5.87. The number of carboxylic acids is 1. The van der Waals surface area contributed by atoms with Crippen LogP contribution in [-0.2, 0) is 14.3 Å². The van der Waals surface area contributed by atoms with E-state index in [0.717, 1.165) is 39.0 Å². The minimum absolute atomic E-state index is 0.0695. The largest absolute Gasteiger partial charge is 0.480 e. The normalized spacial score (nSPS) is 20.4. The lowest BCUT2D eigenvalue weighted by atomic mass is 9.98. The van der Waals surface area contributed by atoms with Crippen LogP contribution in [0, 0.1) is 0 Å². The van der Waals surface area contributed by atoms with Crippen LogP contribution in [0.3, 0.4) is 0 Å². The zero-order valence-corrected chi connectivity index (χ0v) is 16.1. The van der Waals surface area contributed by atoms with Gasteiger partial charge in [-0.15, -0.1) is 0 Å². The summed E-state index contributed by atoms with van der Waals surface area (Å²) in [6.45, 7) is 3.59. The van der Waals surface area contributed by atoms with Gasteiger partial charge in [-0.1, -0.05) is 19.3 Å². The van der Waals surface area contributed by atoms with Gasteiger partial charge in [-0.3, -0.25) is 19.4 Å². The molecule has 1 saturated heterocycles. The van der Waals surface area contributed by atoms with E-state index >= 15 is 0 Å². The van der Waals surface area contributed by atoms with Crippen LogP contribution in [0.25, 0.3) is 0 Å². The summed E-state index contributed by atoms with van der Waals surface area (Å²) in [6.07, 6.45) is 9.38. The van der Waals surface area contributed by atoms with E-state index in [4.69, 9.17) is 9.84 Å². The Morgan fingerprint density at radius 2 is 1.85 bits per heavy atom. The van der Waals surface area contributed by atoms with Crippen molar-refractivity contribution in [1.82, 2.24) is 15.1 Å². The highest BCUT2D eigenvalue weighted by Gasteiger charge is 2.24. The van der Waals surface area contributed by atoms with E-state index in [-0.39, 0.29) is 12.5 Å². The van der Waals surface area contributed by atoms with Gasteiger partial charge >= 0.3 is 5.97 Å². The van der Waals surface area contributed by atoms with Gasteiger partial charge in [0.15, 0.2) is 0 Å². The Balaban J connectivity index is 1.50. The number of carbonyl (C=O) groups is 2. The van der Waals surface area contributed by atoms with Crippen LogP contribution in [0.2, 0.25) is 0 Å². The first kappa shape index (κ1) is 21.1. The van der Waals surface area contributed by atoms with E-state index in [2.05, 4.69) is 10.2 Å². The molecule has 1 heterocycles. The molecule has 2 aliphatic rings. The number of likely N-dealkylation sites (tertiary alicyclic amines) is 1. The van der Waals surface area contributed by atoms with Crippen LogP contribution in [0.1, 0.15) is 51.4 Å². The maximum absolute atomic E-state index is 12.1. The highest BCUT2D eigenvalue weighted by Crippen LogP contribution is 2.20. The number of carboxylic acid groups (broad SMARTS) is 1. The summed E-state index contributed by atoms with van der Waals surface area (Å²) in [6, 6.07) is 0.294. The molecule has 1 amide bonds. The summed E-state index contributed by atoms with van der Waals surface area (Å²) in [5.74, 6) is -0.721. The monoisotopic (exact) mass is 369 g/mol. The van der Waals surface area contributed by atoms with Gasteiger partial charge in [0.1, 0.15) is 0 Å². The lowest BCUT2D eigenvalue weighted by molar-refractivity contribution is -0.138. The zero-order chi connectivity index (χ0) is 18.8. The summed E-state index contributed by atoms with van der Waals surface area (Å²) in [5, 5.41) is 11.8. The standard InChI is InChI=1S/C19H35N3O4/c1-21(15-19(24)25)16-8-11-22(12-9-16)14-18(23)20-10-5-13-26-17-6-3-2-4-7-17/h16-17H,2-15H2,1H3,(H,20,23)(H,24,25). The number of hydrogen-bond donors (Lipinski definition) is 2. The molecule has 150 valence electrons. The SMILES string of the molecule is CN(CC(=O)O)C1CCN(CC(=O)NCCCOC2CCCCC2)CC1. The molecule has 0 bridgehead atoms. The van der Waals surface area contributed by atoms with Gasteiger partial charge in [0.2, 0.25) is 5.91 Å². The third kappa shape index (κ3) is 8.01. The molecule has 1 aliphatic heterocycles. The maximum atomic E-state index is 12.1. The van der Waals surface area contributed by atoms with Crippen molar-refractivity contribution in [2.24, 2.45) is 0 Å². The second kappa shape index (κ2) is 11.5. The number of hydrogen-bond acceptors (Lipinski definition) is 5. The van der Waals surface area contributed by atoms with E-state index in [9.17, 15) is 9.59 Å².